The number of hydrogen-bond acceptors (Lipinski definition) is 3. The second kappa shape index (κ2) is 7.01. The van der Waals surface area contributed by atoms with Crippen LogP contribution in [0.15, 0.2) is 0 Å². The van der Waals surface area contributed by atoms with Crippen LogP contribution in [0.1, 0.15) is 61.3 Å². The Labute approximate surface area is 145 Å². The highest BCUT2D eigenvalue weighted by molar-refractivity contribution is 4.89. The van der Waals surface area contributed by atoms with E-state index in [1.807, 2.05) is 0 Å². The molecule has 2 rings (SSSR count). The van der Waals surface area contributed by atoms with Crippen molar-refractivity contribution >= 4 is 0 Å². The molecule has 2 saturated heterocycles. The van der Waals surface area contributed by atoms with Crippen molar-refractivity contribution in [2.75, 3.05) is 52.4 Å². The van der Waals surface area contributed by atoms with E-state index in [2.05, 4.69) is 63.2 Å². The largest absolute Gasteiger partial charge is 0.303 e. The van der Waals surface area contributed by atoms with Crippen molar-refractivity contribution in [3.8, 4) is 0 Å². The Morgan fingerprint density at radius 2 is 1.26 bits per heavy atom. The van der Waals surface area contributed by atoms with Crippen molar-refractivity contribution in [1.29, 1.82) is 0 Å². The van der Waals surface area contributed by atoms with Crippen LogP contribution in [0.4, 0.5) is 0 Å². The van der Waals surface area contributed by atoms with Gasteiger partial charge in [-0.2, -0.15) is 0 Å². The van der Waals surface area contributed by atoms with Gasteiger partial charge in [0.1, 0.15) is 0 Å². The minimum Gasteiger partial charge on any atom is -0.303 e. The number of likely N-dealkylation sites (tertiary alicyclic amines) is 1. The first-order valence-electron chi connectivity index (χ1n) is 9.67. The molecular formula is C20H41N3. The third kappa shape index (κ3) is 6.03. The lowest BCUT2D eigenvalue weighted by molar-refractivity contribution is 0.0190. The van der Waals surface area contributed by atoms with Gasteiger partial charge in [0.15, 0.2) is 0 Å². The van der Waals surface area contributed by atoms with Crippen molar-refractivity contribution in [3.63, 3.8) is 0 Å². The molecule has 0 atom stereocenters. The van der Waals surface area contributed by atoms with Gasteiger partial charge in [0.05, 0.1) is 0 Å². The zero-order valence-electron chi connectivity index (χ0n) is 16.9. The van der Waals surface area contributed by atoms with Crippen molar-refractivity contribution in [2.24, 2.45) is 10.8 Å². The lowest BCUT2D eigenvalue weighted by Gasteiger charge is -2.47. The minimum absolute atomic E-state index is 0.328. The van der Waals surface area contributed by atoms with Gasteiger partial charge in [0.25, 0.3) is 0 Å². The number of piperidine rings is 1. The van der Waals surface area contributed by atoms with Crippen molar-refractivity contribution in [3.05, 3.63) is 0 Å². The lowest BCUT2D eigenvalue weighted by Crippen LogP contribution is -2.55. The molecule has 23 heavy (non-hydrogen) atoms. The maximum atomic E-state index is 2.72. The molecule has 0 N–H and O–H groups in total. The van der Waals surface area contributed by atoms with Gasteiger partial charge in [-0.15, -0.1) is 0 Å². The molecule has 0 unspecified atom stereocenters. The van der Waals surface area contributed by atoms with E-state index >= 15 is 0 Å². The van der Waals surface area contributed by atoms with Crippen LogP contribution in [0.5, 0.6) is 0 Å². The summed E-state index contributed by atoms with van der Waals surface area (Å²) >= 11 is 0. The van der Waals surface area contributed by atoms with Crippen LogP contribution in [0.25, 0.3) is 0 Å². The maximum Gasteiger partial charge on any atom is 0.0126 e. The fraction of sp³-hybridized carbons (Fsp3) is 1.00. The molecule has 0 aromatic heterocycles. The molecule has 2 heterocycles. The third-order valence-electron chi connectivity index (χ3n) is 5.69. The van der Waals surface area contributed by atoms with Crippen LogP contribution in [-0.4, -0.2) is 72.6 Å². The van der Waals surface area contributed by atoms with Gasteiger partial charge in [-0.1, -0.05) is 27.7 Å². The number of hydrogen-bond donors (Lipinski definition) is 0. The van der Waals surface area contributed by atoms with Gasteiger partial charge in [0.2, 0.25) is 0 Å². The first-order chi connectivity index (χ1) is 10.5. The van der Waals surface area contributed by atoms with Gasteiger partial charge >= 0.3 is 0 Å². The summed E-state index contributed by atoms with van der Waals surface area (Å²) < 4.78 is 0. The molecule has 3 nitrogen and oxygen atoms in total. The molecule has 2 aliphatic rings. The summed E-state index contributed by atoms with van der Waals surface area (Å²) in [5.41, 5.74) is 1.28. The topological polar surface area (TPSA) is 9.72 Å². The monoisotopic (exact) mass is 323 g/mol. The predicted molar refractivity (Wildman–Crippen MR) is 101 cm³/mol. The molecule has 0 aromatic carbocycles. The fourth-order valence-corrected chi connectivity index (χ4v) is 4.20. The molecular weight excluding hydrogens is 282 g/mol. The second-order valence-corrected chi connectivity index (χ2v) is 10.6. The molecule has 0 radical (unpaired) electrons. The van der Waals surface area contributed by atoms with Gasteiger partial charge in [-0.3, -0.25) is 4.90 Å². The summed E-state index contributed by atoms with van der Waals surface area (Å²) in [5.74, 6) is 0. The summed E-state index contributed by atoms with van der Waals surface area (Å²) in [7, 11) is 0. The summed E-state index contributed by atoms with van der Waals surface area (Å²) in [4.78, 5) is 8.04. The Morgan fingerprint density at radius 1 is 0.739 bits per heavy atom. The lowest BCUT2D eigenvalue weighted by atomic mass is 9.79. The zero-order valence-corrected chi connectivity index (χ0v) is 16.9. The molecule has 0 amide bonds. The van der Waals surface area contributed by atoms with Crippen molar-refractivity contribution < 1.29 is 0 Å². The maximum absolute atomic E-state index is 2.72. The zero-order chi connectivity index (χ0) is 17.3. The van der Waals surface area contributed by atoms with E-state index in [1.54, 1.807) is 0 Å². The van der Waals surface area contributed by atoms with Gasteiger partial charge in [0, 0.05) is 44.8 Å². The average Bonchev–Trinajstić information content (AvgIpc) is 2.40. The number of piperazine rings is 1. The van der Waals surface area contributed by atoms with Gasteiger partial charge < -0.3 is 9.80 Å². The van der Waals surface area contributed by atoms with E-state index in [4.69, 9.17) is 0 Å². The van der Waals surface area contributed by atoms with E-state index in [1.165, 1.54) is 65.2 Å². The minimum atomic E-state index is 0.328. The predicted octanol–water partition coefficient (Wildman–Crippen LogP) is 3.55. The summed E-state index contributed by atoms with van der Waals surface area (Å²) in [5, 5.41) is 0. The number of rotatable bonds is 3. The van der Waals surface area contributed by atoms with Crippen LogP contribution in [0.3, 0.4) is 0 Å². The SMILES string of the molecule is CC(C)(C)CN1CCC(C)(CN2CCN(C(C)(C)C)CC2)CC1. The Balaban J connectivity index is 1.76. The fourth-order valence-electron chi connectivity index (χ4n) is 4.20. The Morgan fingerprint density at radius 3 is 1.70 bits per heavy atom. The summed E-state index contributed by atoms with van der Waals surface area (Å²) in [6.07, 6.45) is 2.73. The molecule has 0 spiro atoms. The van der Waals surface area contributed by atoms with Crippen molar-refractivity contribution in [2.45, 2.75) is 66.8 Å². The normalized spacial score (nSPS) is 25.7. The molecule has 136 valence electrons. The van der Waals surface area contributed by atoms with E-state index < -0.39 is 0 Å². The molecule has 0 aliphatic carbocycles. The molecule has 0 aromatic rings. The Hall–Kier alpha value is -0.120. The summed E-state index contributed by atoms with van der Waals surface area (Å²) in [6, 6.07) is 0. The van der Waals surface area contributed by atoms with Crippen molar-refractivity contribution in [1.82, 2.24) is 14.7 Å². The molecule has 0 bridgehead atoms. The Kier molecular flexibility index (Phi) is 5.86. The quantitative estimate of drug-likeness (QED) is 0.786. The average molecular weight is 324 g/mol. The molecule has 2 aliphatic heterocycles. The third-order valence-corrected chi connectivity index (χ3v) is 5.69. The van der Waals surface area contributed by atoms with E-state index in [9.17, 15) is 0 Å². The molecule has 2 fully saturated rings. The van der Waals surface area contributed by atoms with Gasteiger partial charge in [-0.05, 0) is 57.5 Å². The molecule has 3 heteroatoms. The van der Waals surface area contributed by atoms with E-state index in [0.29, 0.717) is 16.4 Å². The smallest absolute Gasteiger partial charge is 0.0126 e. The van der Waals surface area contributed by atoms with E-state index in [0.717, 1.165) is 0 Å². The van der Waals surface area contributed by atoms with Crippen LogP contribution in [-0.2, 0) is 0 Å². The first-order valence-corrected chi connectivity index (χ1v) is 9.67. The van der Waals surface area contributed by atoms with Crippen LogP contribution in [0, 0.1) is 10.8 Å². The van der Waals surface area contributed by atoms with Crippen LogP contribution in [0.2, 0.25) is 0 Å². The first kappa shape index (κ1) is 19.2. The van der Waals surface area contributed by atoms with Crippen LogP contribution >= 0.6 is 0 Å². The highest BCUT2D eigenvalue weighted by atomic mass is 15.3. The van der Waals surface area contributed by atoms with Crippen LogP contribution < -0.4 is 0 Å². The number of nitrogens with zero attached hydrogens (tertiary/aromatic N) is 3. The molecule has 0 saturated carbocycles. The standard InChI is InChI=1S/C20H41N3/c1-18(2,3)16-21-10-8-20(7,9-11-21)17-22-12-14-23(15-13-22)19(4,5)6/h8-17H2,1-7H3. The Bertz CT molecular complexity index is 361. The van der Waals surface area contributed by atoms with Gasteiger partial charge in [-0.25, -0.2) is 0 Å². The van der Waals surface area contributed by atoms with E-state index in [-0.39, 0.29) is 0 Å². The second-order valence-electron chi connectivity index (χ2n) is 10.6. The highest BCUT2D eigenvalue weighted by Gasteiger charge is 2.34. The highest BCUT2D eigenvalue weighted by Crippen LogP contribution is 2.33. The summed E-state index contributed by atoms with van der Waals surface area (Å²) in [6.45, 7) is 26.7.